The second-order valence-electron chi connectivity index (χ2n) is 5.83. The van der Waals surface area contributed by atoms with Crippen LogP contribution < -0.4 is 5.32 Å². The summed E-state index contributed by atoms with van der Waals surface area (Å²) in [6.45, 7) is 6.52. The fraction of sp³-hybridized carbons (Fsp3) is 0.333. The van der Waals surface area contributed by atoms with Gasteiger partial charge in [0.25, 0.3) is 0 Å². The third-order valence-corrected chi connectivity index (χ3v) is 4.12. The molecule has 0 fully saturated rings. The van der Waals surface area contributed by atoms with Crippen molar-refractivity contribution in [3.8, 4) is 0 Å². The van der Waals surface area contributed by atoms with Crippen LogP contribution in [0.15, 0.2) is 46.9 Å². The number of nitrogens with one attached hydrogen (secondary N) is 1. The van der Waals surface area contributed by atoms with Crippen LogP contribution in [0, 0.1) is 11.7 Å². The lowest BCUT2D eigenvalue weighted by Gasteiger charge is -2.17. The molecule has 2 aromatic carbocycles. The van der Waals surface area contributed by atoms with Crippen LogP contribution in [0.1, 0.15) is 37.9 Å². The first kappa shape index (κ1) is 16.0. The SMILES string of the molecule is CC(C)Cc1ccc(C(C)Nc2cc(F)ccc2Br)cc1. The van der Waals surface area contributed by atoms with Crippen LogP contribution in [0.3, 0.4) is 0 Å². The van der Waals surface area contributed by atoms with Gasteiger partial charge in [-0.1, -0.05) is 38.1 Å². The molecular formula is C18H21BrFN. The Balaban J connectivity index is 2.09. The molecule has 0 bridgehead atoms. The molecule has 1 unspecified atom stereocenters. The standard InChI is InChI=1S/C18H21BrFN/c1-12(2)10-14-4-6-15(7-5-14)13(3)21-18-11-16(20)8-9-17(18)19/h4-9,11-13,21H,10H2,1-3H3. The van der Waals surface area contributed by atoms with E-state index in [2.05, 4.69) is 66.3 Å². The Morgan fingerprint density at radius 1 is 1.05 bits per heavy atom. The van der Waals surface area contributed by atoms with Gasteiger partial charge in [-0.25, -0.2) is 4.39 Å². The van der Waals surface area contributed by atoms with Gasteiger partial charge in [-0.15, -0.1) is 0 Å². The molecule has 1 N–H and O–H groups in total. The Hall–Kier alpha value is -1.35. The summed E-state index contributed by atoms with van der Waals surface area (Å²) >= 11 is 3.44. The summed E-state index contributed by atoms with van der Waals surface area (Å²) in [5, 5.41) is 3.34. The van der Waals surface area contributed by atoms with Crippen molar-refractivity contribution in [1.29, 1.82) is 0 Å². The van der Waals surface area contributed by atoms with Crippen LogP contribution in [0.4, 0.5) is 10.1 Å². The molecular weight excluding hydrogens is 329 g/mol. The van der Waals surface area contributed by atoms with Crippen LogP contribution in [-0.4, -0.2) is 0 Å². The van der Waals surface area contributed by atoms with Gasteiger partial charge >= 0.3 is 0 Å². The highest BCUT2D eigenvalue weighted by atomic mass is 79.9. The summed E-state index contributed by atoms with van der Waals surface area (Å²) in [5.41, 5.74) is 3.32. The molecule has 0 heterocycles. The molecule has 0 spiro atoms. The zero-order valence-electron chi connectivity index (χ0n) is 12.7. The van der Waals surface area contributed by atoms with E-state index in [1.54, 1.807) is 6.07 Å². The quantitative estimate of drug-likeness (QED) is 0.702. The third kappa shape index (κ3) is 4.57. The maximum absolute atomic E-state index is 13.3. The average Bonchev–Trinajstić information content (AvgIpc) is 2.43. The monoisotopic (exact) mass is 349 g/mol. The van der Waals surface area contributed by atoms with Gasteiger partial charge in [-0.3, -0.25) is 0 Å². The van der Waals surface area contributed by atoms with Gasteiger partial charge in [0.1, 0.15) is 5.82 Å². The average molecular weight is 350 g/mol. The predicted molar refractivity (Wildman–Crippen MR) is 91.1 cm³/mol. The maximum atomic E-state index is 13.3. The molecule has 1 nitrogen and oxygen atoms in total. The van der Waals surface area contributed by atoms with E-state index >= 15 is 0 Å². The van der Waals surface area contributed by atoms with E-state index in [1.165, 1.54) is 23.3 Å². The van der Waals surface area contributed by atoms with Gasteiger partial charge in [0.15, 0.2) is 0 Å². The zero-order chi connectivity index (χ0) is 15.4. The van der Waals surface area contributed by atoms with Crippen LogP contribution >= 0.6 is 15.9 Å². The molecule has 21 heavy (non-hydrogen) atoms. The maximum Gasteiger partial charge on any atom is 0.125 e. The lowest BCUT2D eigenvalue weighted by Crippen LogP contribution is -2.07. The highest BCUT2D eigenvalue weighted by Gasteiger charge is 2.09. The number of rotatable bonds is 5. The van der Waals surface area contributed by atoms with Crippen LogP contribution in [0.2, 0.25) is 0 Å². The zero-order valence-corrected chi connectivity index (χ0v) is 14.2. The largest absolute Gasteiger partial charge is 0.378 e. The summed E-state index contributed by atoms with van der Waals surface area (Å²) in [6.07, 6.45) is 1.09. The molecule has 3 heteroatoms. The second-order valence-corrected chi connectivity index (χ2v) is 6.68. The summed E-state index contributed by atoms with van der Waals surface area (Å²) in [4.78, 5) is 0. The highest BCUT2D eigenvalue weighted by molar-refractivity contribution is 9.10. The van der Waals surface area contributed by atoms with Gasteiger partial charge in [0.2, 0.25) is 0 Å². The first-order chi connectivity index (χ1) is 9.95. The third-order valence-electron chi connectivity index (χ3n) is 3.42. The summed E-state index contributed by atoms with van der Waals surface area (Å²) in [7, 11) is 0. The van der Waals surface area contributed by atoms with Gasteiger partial charge in [-0.05, 0) is 64.5 Å². The summed E-state index contributed by atoms with van der Waals surface area (Å²) in [5.74, 6) is 0.426. The Morgan fingerprint density at radius 3 is 2.33 bits per heavy atom. The van der Waals surface area contributed by atoms with E-state index in [0.717, 1.165) is 16.6 Å². The van der Waals surface area contributed by atoms with Crippen molar-refractivity contribution in [3.05, 3.63) is 63.9 Å². The second kappa shape index (κ2) is 7.08. The number of halogens is 2. The van der Waals surface area contributed by atoms with E-state index in [-0.39, 0.29) is 11.9 Å². The molecule has 0 aromatic heterocycles. The molecule has 112 valence electrons. The summed E-state index contributed by atoms with van der Waals surface area (Å²) < 4.78 is 14.2. The number of benzene rings is 2. The minimum absolute atomic E-state index is 0.121. The van der Waals surface area contributed by atoms with Crippen molar-refractivity contribution in [3.63, 3.8) is 0 Å². The van der Waals surface area contributed by atoms with Gasteiger partial charge in [-0.2, -0.15) is 0 Å². The molecule has 0 radical (unpaired) electrons. The minimum atomic E-state index is -0.236. The van der Waals surface area contributed by atoms with Crippen molar-refractivity contribution >= 4 is 21.6 Å². The molecule has 2 rings (SSSR count). The van der Waals surface area contributed by atoms with Gasteiger partial charge in [0, 0.05) is 10.5 Å². The molecule has 0 aliphatic heterocycles. The van der Waals surface area contributed by atoms with Crippen LogP contribution in [-0.2, 0) is 6.42 Å². The van der Waals surface area contributed by atoms with Gasteiger partial charge < -0.3 is 5.32 Å². The first-order valence-corrected chi connectivity index (χ1v) is 8.05. The normalized spacial score (nSPS) is 12.5. The first-order valence-electron chi connectivity index (χ1n) is 7.26. The Labute approximate surface area is 134 Å². The van der Waals surface area contributed by atoms with Crippen LogP contribution in [0.25, 0.3) is 0 Å². The molecule has 2 aromatic rings. The van der Waals surface area contributed by atoms with E-state index in [0.29, 0.717) is 5.92 Å². The van der Waals surface area contributed by atoms with Crippen molar-refractivity contribution in [1.82, 2.24) is 0 Å². The Kier molecular flexibility index (Phi) is 5.40. The summed E-state index contributed by atoms with van der Waals surface area (Å²) in [6, 6.07) is 13.4. The van der Waals surface area contributed by atoms with E-state index in [1.807, 2.05) is 0 Å². The fourth-order valence-electron chi connectivity index (χ4n) is 2.34. The Bertz CT molecular complexity index is 593. The molecule has 1 atom stereocenters. The lowest BCUT2D eigenvalue weighted by atomic mass is 10.00. The lowest BCUT2D eigenvalue weighted by molar-refractivity contribution is 0.627. The van der Waals surface area contributed by atoms with Gasteiger partial charge in [0.05, 0.1) is 5.69 Å². The van der Waals surface area contributed by atoms with E-state index in [9.17, 15) is 4.39 Å². The van der Waals surface area contributed by atoms with Crippen LogP contribution in [0.5, 0.6) is 0 Å². The molecule has 0 saturated heterocycles. The van der Waals surface area contributed by atoms with Crippen molar-refractivity contribution in [2.75, 3.05) is 5.32 Å². The van der Waals surface area contributed by atoms with Crippen molar-refractivity contribution in [2.24, 2.45) is 5.92 Å². The Morgan fingerprint density at radius 2 is 1.71 bits per heavy atom. The smallest absolute Gasteiger partial charge is 0.125 e. The molecule has 0 amide bonds. The number of hydrogen-bond acceptors (Lipinski definition) is 1. The predicted octanol–water partition coefficient (Wildman–Crippen LogP) is 5.96. The van der Waals surface area contributed by atoms with Crippen molar-refractivity contribution < 1.29 is 4.39 Å². The van der Waals surface area contributed by atoms with E-state index in [4.69, 9.17) is 0 Å². The minimum Gasteiger partial charge on any atom is -0.378 e. The highest BCUT2D eigenvalue weighted by Crippen LogP contribution is 2.27. The molecule has 0 aliphatic rings. The number of anilines is 1. The molecule has 0 aliphatic carbocycles. The van der Waals surface area contributed by atoms with Crippen molar-refractivity contribution in [2.45, 2.75) is 33.2 Å². The molecule has 0 saturated carbocycles. The number of hydrogen-bond donors (Lipinski definition) is 1. The van der Waals surface area contributed by atoms with E-state index < -0.39 is 0 Å². The topological polar surface area (TPSA) is 12.0 Å². The fourth-order valence-corrected chi connectivity index (χ4v) is 2.70.